The molecule has 0 bridgehead atoms. The first-order valence-electron chi connectivity index (χ1n) is 11.4. The molecular formula is C26H32N2. The summed E-state index contributed by atoms with van der Waals surface area (Å²) in [4.78, 5) is 4.78. The van der Waals surface area contributed by atoms with Gasteiger partial charge in [0.2, 0.25) is 0 Å². The number of hydrogen-bond donors (Lipinski definition) is 0. The van der Waals surface area contributed by atoms with E-state index in [1.807, 2.05) is 0 Å². The Morgan fingerprint density at radius 2 is 2.00 bits per heavy atom. The second-order valence-electron chi connectivity index (χ2n) is 10.4. The van der Waals surface area contributed by atoms with E-state index in [9.17, 15) is 0 Å². The van der Waals surface area contributed by atoms with Gasteiger partial charge in [-0.05, 0) is 85.7 Å². The fourth-order valence-electron chi connectivity index (χ4n) is 7.73. The molecule has 1 aromatic carbocycles. The Bertz CT molecular complexity index is 981. The Balaban J connectivity index is 1.52. The van der Waals surface area contributed by atoms with Gasteiger partial charge in [-0.15, -0.1) is 0 Å². The van der Waals surface area contributed by atoms with Crippen LogP contribution in [0.5, 0.6) is 0 Å². The zero-order valence-corrected chi connectivity index (χ0v) is 17.3. The van der Waals surface area contributed by atoms with Crippen molar-refractivity contribution in [3.8, 4) is 0 Å². The summed E-state index contributed by atoms with van der Waals surface area (Å²) in [6.07, 6.45) is 19.1. The molecule has 1 heterocycles. The summed E-state index contributed by atoms with van der Waals surface area (Å²) in [5, 5.41) is 0. The number of imidazole rings is 1. The minimum Gasteiger partial charge on any atom is -0.327 e. The maximum atomic E-state index is 4.78. The van der Waals surface area contributed by atoms with Crippen molar-refractivity contribution < 1.29 is 0 Å². The highest BCUT2D eigenvalue weighted by atomic mass is 15.1. The smallest absolute Gasteiger partial charge is 0.0961 e. The molecule has 6 atom stereocenters. The van der Waals surface area contributed by atoms with Gasteiger partial charge in [-0.3, -0.25) is 0 Å². The fourth-order valence-corrected chi connectivity index (χ4v) is 7.73. The van der Waals surface area contributed by atoms with Crippen LogP contribution in [0.15, 0.2) is 54.4 Å². The van der Waals surface area contributed by atoms with E-state index in [1.165, 1.54) is 50.5 Å². The standard InChI is InChI=1S/C26H32N2/c1-25-13-7-9-19(25)24-20(12-15-25)26(2)14-6-5-8-18(26)16-23(24)28-17-27-21-10-3-4-11-22(21)28/h3-4,7-8,10-11,13,17,19-20,23-24H,5-6,9,12,14-16H2,1-2H3/t19-,20-,23?,24-,25-,26-/m0/s1. The third-order valence-electron chi connectivity index (χ3n) is 9.21. The second kappa shape index (κ2) is 5.84. The van der Waals surface area contributed by atoms with Crippen LogP contribution in [0.2, 0.25) is 0 Å². The van der Waals surface area contributed by atoms with E-state index in [2.05, 4.69) is 67.2 Å². The van der Waals surface area contributed by atoms with Gasteiger partial charge < -0.3 is 4.57 Å². The van der Waals surface area contributed by atoms with Crippen LogP contribution in [0, 0.1) is 28.6 Å². The Morgan fingerprint density at radius 3 is 2.93 bits per heavy atom. The van der Waals surface area contributed by atoms with E-state index in [0.29, 0.717) is 16.9 Å². The highest BCUT2D eigenvalue weighted by Gasteiger charge is 2.58. The monoisotopic (exact) mass is 372 g/mol. The van der Waals surface area contributed by atoms with Crippen molar-refractivity contribution in [3.63, 3.8) is 0 Å². The SMILES string of the molecule is C[C@@]12C=CC[C@H]1[C@@H]1C(n3cnc4ccccc43)CC3=CCCC[C@]3(C)[C@H]1CC2. The van der Waals surface area contributed by atoms with Gasteiger partial charge in [-0.25, -0.2) is 4.98 Å². The molecule has 0 N–H and O–H groups in total. The summed E-state index contributed by atoms with van der Waals surface area (Å²) in [5.41, 5.74) is 5.07. The normalized spacial score (nSPS) is 42.0. The number of fused-ring (bicyclic) bond motifs is 6. The molecule has 1 unspecified atom stereocenters. The van der Waals surface area contributed by atoms with E-state index in [4.69, 9.17) is 4.98 Å². The van der Waals surface area contributed by atoms with E-state index < -0.39 is 0 Å². The summed E-state index contributed by atoms with van der Waals surface area (Å²) in [5.74, 6) is 2.36. The van der Waals surface area contributed by atoms with E-state index in [-0.39, 0.29) is 0 Å². The molecule has 0 radical (unpaired) electrons. The van der Waals surface area contributed by atoms with E-state index >= 15 is 0 Å². The summed E-state index contributed by atoms with van der Waals surface area (Å²) in [7, 11) is 0. The van der Waals surface area contributed by atoms with Crippen LogP contribution in [0.1, 0.15) is 64.8 Å². The molecule has 146 valence electrons. The first kappa shape index (κ1) is 17.1. The van der Waals surface area contributed by atoms with Crippen molar-refractivity contribution in [2.24, 2.45) is 28.6 Å². The average molecular weight is 373 g/mol. The Morgan fingerprint density at radius 1 is 1.11 bits per heavy atom. The molecule has 2 nitrogen and oxygen atoms in total. The lowest BCUT2D eigenvalue weighted by Crippen LogP contribution is -2.52. The van der Waals surface area contributed by atoms with Crippen LogP contribution in [0.4, 0.5) is 0 Å². The molecule has 0 amide bonds. The predicted octanol–water partition coefficient (Wildman–Crippen LogP) is 6.71. The average Bonchev–Trinajstić information content (AvgIpc) is 3.30. The lowest BCUT2D eigenvalue weighted by molar-refractivity contribution is -0.0517. The maximum Gasteiger partial charge on any atom is 0.0961 e. The first-order chi connectivity index (χ1) is 13.6. The zero-order valence-electron chi connectivity index (χ0n) is 17.3. The van der Waals surface area contributed by atoms with Crippen LogP contribution < -0.4 is 0 Å². The third kappa shape index (κ3) is 2.18. The molecule has 2 aromatic rings. The molecule has 2 saturated carbocycles. The molecule has 4 aliphatic rings. The van der Waals surface area contributed by atoms with Crippen LogP contribution >= 0.6 is 0 Å². The first-order valence-corrected chi connectivity index (χ1v) is 11.4. The lowest BCUT2D eigenvalue weighted by Gasteiger charge is -2.60. The molecule has 0 saturated heterocycles. The van der Waals surface area contributed by atoms with Crippen molar-refractivity contribution in [1.82, 2.24) is 9.55 Å². The molecule has 2 fully saturated rings. The van der Waals surface area contributed by atoms with Gasteiger partial charge in [-0.1, -0.05) is 49.8 Å². The van der Waals surface area contributed by atoms with Gasteiger partial charge in [-0.2, -0.15) is 0 Å². The zero-order chi connectivity index (χ0) is 18.9. The van der Waals surface area contributed by atoms with Crippen LogP contribution in [-0.2, 0) is 0 Å². The van der Waals surface area contributed by atoms with Crippen molar-refractivity contribution in [3.05, 3.63) is 54.4 Å². The fraction of sp³-hybridized carbons (Fsp3) is 0.577. The summed E-state index contributed by atoms with van der Waals surface area (Å²) in [6, 6.07) is 9.28. The second-order valence-corrected chi connectivity index (χ2v) is 10.4. The van der Waals surface area contributed by atoms with Crippen molar-refractivity contribution in [1.29, 1.82) is 0 Å². The molecule has 2 heteroatoms. The number of rotatable bonds is 1. The van der Waals surface area contributed by atoms with E-state index in [1.54, 1.807) is 5.57 Å². The number of allylic oxidation sites excluding steroid dienone is 4. The Hall–Kier alpha value is -1.83. The molecule has 4 aliphatic carbocycles. The lowest BCUT2D eigenvalue weighted by atomic mass is 9.46. The maximum absolute atomic E-state index is 4.78. The summed E-state index contributed by atoms with van der Waals surface area (Å²) >= 11 is 0. The number of nitrogens with zero attached hydrogens (tertiary/aromatic N) is 2. The molecule has 0 aliphatic heterocycles. The Kier molecular flexibility index (Phi) is 3.56. The molecule has 28 heavy (non-hydrogen) atoms. The highest BCUT2D eigenvalue weighted by Crippen LogP contribution is 2.66. The topological polar surface area (TPSA) is 17.8 Å². The van der Waals surface area contributed by atoms with Gasteiger partial charge in [0.25, 0.3) is 0 Å². The summed E-state index contributed by atoms with van der Waals surface area (Å²) in [6.45, 7) is 5.15. The highest BCUT2D eigenvalue weighted by molar-refractivity contribution is 5.75. The van der Waals surface area contributed by atoms with E-state index in [0.717, 1.165) is 23.3 Å². The summed E-state index contributed by atoms with van der Waals surface area (Å²) < 4.78 is 2.56. The number of hydrogen-bond acceptors (Lipinski definition) is 1. The van der Waals surface area contributed by atoms with Gasteiger partial charge in [0.15, 0.2) is 0 Å². The molecular weight excluding hydrogens is 340 g/mol. The van der Waals surface area contributed by atoms with Gasteiger partial charge in [0.1, 0.15) is 0 Å². The van der Waals surface area contributed by atoms with Crippen LogP contribution in [0.3, 0.4) is 0 Å². The van der Waals surface area contributed by atoms with Crippen LogP contribution in [0.25, 0.3) is 11.0 Å². The van der Waals surface area contributed by atoms with Crippen LogP contribution in [-0.4, -0.2) is 9.55 Å². The third-order valence-corrected chi connectivity index (χ3v) is 9.21. The van der Waals surface area contributed by atoms with Gasteiger partial charge in [0, 0.05) is 6.04 Å². The minimum absolute atomic E-state index is 0.405. The predicted molar refractivity (Wildman–Crippen MR) is 115 cm³/mol. The number of aromatic nitrogens is 2. The van der Waals surface area contributed by atoms with Gasteiger partial charge in [0.05, 0.1) is 17.4 Å². The number of benzene rings is 1. The van der Waals surface area contributed by atoms with Crippen molar-refractivity contribution in [2.75, 3.05) is 0 Å². The molecule has 6 rings (SSSR count). The van der Waals surface area contributed by atoms with Gasteiger partial charge >= 0.3 is 0 Å². The Labute approximate surface area is 168 Å². The number of para-hydroxylation sites is 2. The quantitative estimate of drug-likeness (QED) is 0.509. The molecule has 0 spiro atoms. The van der Waals surface area contributed by atoms with Crippen molar-refractivity contribution >= 4 is 11.0 Å². The van der Waals surface area contributed by atoms with Crippen molar-refractivity contribution in [2.45, 2.75) is 64.8 Å². The largest absolute Gasteiger partial charge is 0.327 e. The minimum atomic E-state index is 0.405. The molecule has 1 aromatic heterocycles.